The van der Waals surface area contributed by atoms with Crippen LogP contribution in [0.15, 0.2) is 53.8 Å². The minimum atomic E-state index is 0.697. The average molecular weight is 274 g/mol. The second-order valence-electron chi connectivity index (χ2n) is 5.19. The van der Waals surface area contributed by atoms with E-state index in [0.29, 0.717) is 6.54 Å². The van der Waals surface area contributed by atoms with Crippen LogP contribution in [0.5, 0.6) is 0 Å². The number of hydrogen-bond acceptors (Lipinski definition) is 4. The standard InChI is InChI=1S/C17H14N4/c1-11-7-14-8-15(5-4-12(14)9-19-11)21-17-16-13(10-20-17)3-2-6-18-16/h2-9H,10H2,1H3,(H,20,21). The van der Waals surface area contributed by atoms with Gasteiger partial charge in [-0.15, -0.1) is 0 Å². The van der Waals surface area contributed by atoms with E-state index in [4.69, 9.17) is 0 Å². The summed E-state index contributed by atoms with van der Waals surface area (Å²) in [6.45, 7) is 2.70. The fraction of sp³-hybridized carbons (Fsp3) is 0.118. The van der Waals surface area contributed by atoms with Crippen molar-refractivity contribution in [2.75, 3.05) is 5.32 Å². The number of amidine groups is 1. The number of hydrogen-bond donors (Lipinski definition) is 1. The van der Waals surface area contributed by atoms with E-state index in [-0.39, 0.29) is 0 Å². The number of benzene rings is 1. The molecule has 0 fully saturated rings. The number of anilines is 1. The van der Waals surface area contributed by atoms with Gasteiger partial charge < -0.3 is 5.32 Å². The number of aromatic nitrogens is 2. The minimum absolute atomic E-state index is 0.697. The summed E-state index contributed by atoms with van der Waals surface area (Å²) in [6.07, 6.45) is 3.70. The third-order valence-electron chi connectivity index (χ3n) is 3.64. The van der Waals surface area contributed by atoms with Crippen molar-refractivity contribution in [3.05, 3.63) is 65.7 Å². The number of nitrogens with one attached hydrogen (secondary N) is 1. The maximum absolute atomic E-state index is 4.53. The Bertz CT molecular complexity index is 868. The SMILES string of the molecule is Cc1cc2cc(NC3=NCc4cccnc43)ccc2cn1. The van der Waals surface area contributed by atoms with Crippen LogP contribution in [-0.4, -0.2) is 15.8 Å². The zero-order valence-electron chi connectivity index (χ0n) is 11.7. The van der Waals surface area contributed by atoms with Crippen LogP contribution in [0.25, 0.3) is 10.8 Å². The van der Waals surface area contributed by atoms with Gasteiger partial charge in [0.25, 0.3) is 0 Å². The highest BCUT2D eigenvalue weighted by atomic mass is 15.0. The Morgan fingerprint density at radius 1 is 1.05 bits per heavy atom. The molecule has 0 bridgehead atoms. The first kappa shape index (κ1) is 12.0. The van der Waals surface area contributed by atoms with Crippen molar-refractivity contribution in [1.29, 1.82) is 0 Å². The molecule has 0 atom stereocenters. The van der Waals surface area contributed by atoms with Crippen LogP contribution < -0.4 is 5.32 Å². The van der Waals surface area contributed by atoms with Gasteiger partial charge in [0.1, 0.15) is 5.69 Å². The Morgan fingerprint density at radius 3 is 2.95 bits per heavy atom. The molecule has 0 spiro atoms. The maximum atomic E-state index is 4.53. The van der Waals surface area contributed by atoms with Gasteiger partial charge in [0.15, 0.2) is 5.84 Å². The fourth-order valence-corrected chi connectivity index (χ4v) is 2.58. The first-order valence-electron chi connectivity index (χ1n) is 6.92. The number of aryl methyl sites for hydroxylation is 1. The van der Waals surface area contributed by atoms with E-state index in [1.54, 1.807) is 6.20 Å². The second kappa shape index (κ2) is 4.66. The minimum Gasteiger partial charge on any atom is -0.339 e. The summed E-state index contributed by atoms with van der Waals surface area (Å²) in [7, 11) is 0. The highest BCUT2D eigenvalue weighted by Crippen LogP contribution is 2.22. The van der Waals surface area contributed by atoms with E-state index in [9.17, 15) is 0 Å². The van der Waals surface area contributed by atoms with Gasteiger partial charge in [-0.25, -0.2) is 0 Å². The zero-order valence-corrected chi connectivity index (χ0v) is 11.7. The topological polar surface area (TPSA) is 50.2 Å². The molecular formula is C17H14N4. The average Bonchev–Trinajstić information content (AvgIpc) is 2.90. The number of rotatable bonds is 1. The molecule has 0 saturated carbocycles. The molecule has 21 heavy (non-hydrogen) atoms. The van der Waals surface area contributed by atoms with Gasteiger partial charge in [0.2, 0.25) is 0 Å². The normalized spacial score (nSPS) is 13.1. The Kier molecular flexibility index (Phi) is 2.67. The van der Waals surface area contributed by atoms with Crippen molar-refractivity contribution in [2.45, 2.75) is 13.5 Å². The molecule has 0 unspecified atom stereocenters. The number of pyridine rings is 2. The molecule has 0 amide bonds. The highest BCUT2D eigenvalue weighted by molar-refractivity contribution is 6.09. The molecule has 0 aliphatic carbocycles. The van der Waals surface area contributed by atoms with Crippen LogP contribution in [0.2, 0.25) is 0 Å². The molecule has 0 saturated heterocycles. The molecule has 4 rings (SSSR count). The number of nitrogens with zero attached hydrogens (tertiary/aromatic N) is 3. The Hall–Kier alpha value is -2.75. The monoisotopic (exact) mass is 274 g/mol. The van der Waals surface area contributed by atoms with Crippen molar-refractivity contribution in [3.63, 3.8) is 0 Å². The second-order valence-corrected chi connectivity index (χ2v) is 5.19. The first-order valence-corrected chi connectivity index (χ1v) is 6.92. The highest BCUT2D eigenvalue weighted by Gasteiger charge is 2.16. The van der Waals surface area contributed by atoms with Crippen molar-refractivity contribution in [1.82, 2.24) is 9.97 Å². The molecule has 102 valence electrons. The molecule has 1 aliphatic heterocycles. The lowest BCUT2D eigenvalue weighted by Crippen LogP contribution is -2.13. The predicted molar refractivity (Wildman–Crippen MR) is 84.6 cm³/mol. The number of fused-ring (bicyclic) bond motifs is 2. The van der Waals surface area contributed by atoms with Gasteiger partial charge >= 0.3 is 0 Å². The molecule has 4 heteroatoms. The van der Waals surface area contributed by atoms with E-state index in [1.807, 2.05) is 25.3 Å². The lowest BCUT2D eigenvalue weighted by atomic mass is 10.1. The third kappa shape index (κ3) is 2.14. The maximum Gasteiger partial charge on any atom is 0.152 e. The van der Waals surface area contributed by atoms with E-state index in [0.717, 1.165) is 28.3 Å². The molecule has 4 nitrogen and oxygen atoms in total. The van der Waals surface area contributed by atoms with Crippen LogP contribution in [0, 0.1) is 6.92 Å². The molecule has 1 aromatic carbocycles. The summed E-state index contributed by atoms with van der Waals surface area (Å²) in [5.74, 6) is 0.843. The van der Waals surface area contributed by atoms with Crippen LogP contribution in [0.4, 0.5) is 5.69 Å². The van der Waals surface area contributed by atoms with Gasteiger partial charge in [-0.3, -0.25) is 15.0 Å². The van der Waals surface area contributed by atoms with Gasteiger partial charge in [-0.2, -0.15) is 0 Å². The lowest BCUT2D eigenvalue weighted by Gasteiger charge is -2.08. The van der Waals surface area contributed by atoms with Gasteiger partial charge in [-0.1, -0.05) is 12.1 Å². The van der Waals surface area contributed by atoms with Crippen LogP contribution in [0.1, 0.15) is 17.0 Å². The molecular weight excluding hydrogens is 260 g/mol. The summed E-state index contributed by atoms with van der Waals surface area (Å²) >= 11 is 0. The summed E-state index contributed by atoms with van der Waals surface area (Å²) in [6, 6.07) is 12.3. The summed E-state index contributed by atoms with van der Waals surface area (Å²) in [4.78, 5) is 13.3. The largest absolute Gasteiger partial charge is 0.339 e. The van der Waals surface area contributed by atoms with Crippen LogP contribution >= 0.6 is 0 Å². The fourth-order valence-electron chi connectivity index (χ4n) is 2.58. The van der Waals surface area contributed by atoms with E-state index in [1.165, 1.54) is 10.9 Å². The third-order valence-corrected chi connectivity index (χ3v) is 3.64. The quantitative estimate of drug-likeness (QED) is 0.740. The Morgan fingerprint density at radius 2 is 2.00 bits per heavy atom. The van der Waals surface area contributed by atoms with Crippen molar-refractivity contribution in [3.8, 4) is 0 Å². The Balaban J connectivity index is 1.69. The molecule has 1 aliphatic rings. The predicted octanol–water partition coefficient (Wildman–Crippen LogP) is 3.31. The zero-order chi connectivity index (χ0) is 14.2. The molecule has 0 radical (unpaired) electrons. The van der Waals surface area contributed by atoms with Crippen LogP contribution in [-0.2, 0) is 6.54 Å². The molecule has 2 aromatic heterocycles. The number of aliphatic imine (C=N–C) groups is 1. The van der Waals surface area contributed by atoms with Gasteiger partial charge in [0.05, 0.1) is 6.54 Å². The van der Waals surface area contributed by atoms with Gasteiger partial charge in [0, 0.05) is 34.7 Å². The van der Waals surface area contributed by atoms with Crippen LogP contribution in [0.3, 0.4) is 0 Å². The first-order chi connectivity index (χ1) is 10.3. The van der Waals surface area contributed by atoms with Crippen molar-refractivity contribution >= 4 is 22.3 Å². The van der Waals surface area contributed by atoms with E-state index < -0.39 is 0 Å². The molecule has 3 aromatic rings. The summed E-state index contributed by atoms with van der Waals surface area (Å²) < 4.78 is 0. The Labute approximate surface area is 122 Å². The van der Waals surface area contributed by atoms with Crippen molar-refractivity contribution in [2.24, 2.45) is 4.99 Å². The summed E-state index contributed by atoms with van der Waals surface area (Å²) in [5.41, 5.74) is 4.15. The molecule has 1 N–H and O–H groups in total. The molecule has 3 heterocycles. The lowest BCUT2D eigenvalue weighted by molar-refractivity contribution is 1.09. The van der Waals surface area contributed by atoms with Crippen molar-refractivity contribution < 1.29 is 0 Å². The van der Waals surface area contributed by atoms with Gasteiger partial charge in [-0.05, 0) is 36.6 Å². The smallest absolute Gasteiger partial charge is 0.152 e. The van der Waals surface area contributed by atoms with E-state index >= 15 is 0 Å². The summed E-state index contributed by atoms with van der Waals surface area (Å²) in [5, 5.41) is 5.69. The van der Waals surface area contributed by atoms with E-state index in [2.05, 4.69) is 44.5 Å².